The standard InChI is InChI=1S/C27H23N5O3S/c1-16-11-19(14-20(12-16)29-26-30-23-6-2-3-10-32(23)31-26)22-15-28-25(36-22)27(35)9-4-5-17-13-18(24(33)34)7-8-21(17)27/h2-3,6-8,10-15,35H,4-5,9H2,1H3,(H,29,31)(H,33,34)/t27-/m1/s1. The van der Waals surface area contributed by atoms with Gasteiger partial charge in [-0.2, -0.15) is 4.98 Å². The van der Waals surface area contributed by atoms with E-state index >= 15 is 0 Å². The number of rotatable bonds is 5. The van der Waals surface area contributed by atoms with Crippen LogP contribution in [0.3, 0.4) is 0 Å². The Labute approximate surface area is 210 Å². The zero-order valence-electron chi connectivity index (χ0n) is 19.5. The number of nitrogens with one attached hydrogen (secondary N) is 1. The van der Waals surface area contributed by atoms with Gasteiger partial charge in [0.2, 0.25) is 5.95 Å². The van der Waals surface area contributed by atoms with Crippen LogP contribution in [0, 0.1) is 6.92 Å². The Bertz CT molecular complexity index is 1590. The Morgan fingerprint density at radius 3 is 2.89 bits per heavy atom. The van der Waals surface area contributed by atoms with Crippen LogP contribution in [0.4, 0.5) is 11.6 Å². The third-order valence-electron chi connectivity index (χ3n) is 6.50. The van der Waals surface area contributed by atoms with E-state index in [1.807, 2.05) is 43.5 Å². The minimum Gasteiger partial charge on any atom is -0.478 e. The number of pyridine rings is 1. The average molecular weight is 498 g/mol. The zero-order chi connectivity index (χ0) is 24.9. The molecule has 6 rings (SSSR count). The zero-order valence-corrected chi connectivity index (χ0v) is 20.3. The van der Waals surface area contributed by atoms with Crippen LogP contribution in [0.2, 0.25) is 0 Å². The highest BCUT2D eigenvalue weighted by Crippen LogP contribution is 2.44. The number of aliphatic hydroxyl groups is 1. The molecule has 0 radical (unpaired) electrons. The van der Waals surface area contributed by atoms with Gasteiger partial charge >= 0.3 is 5.97 Å². The van der Waals surface area contributed by atoms with Crippen molar-refractivity contribution in [3.8, 4) is 10.4 Å². The van der Waals surface area contributed by atoms with Crippen molar-refractivity contribution < 1.29 is 15.0 Å². The second kappa shape index (κ2) is 8.54. The summed E-state index contributed by atoms with van der Waals surface area (Å²) in [5.74, 6) is -0.456. The molecular weight excluding hydrogens is 474 g/mol. The molecule has 3 N–H and O–H groups in total. The number of aromatic carboxylic acids is 1. The van der Waals surface area contributed by atoms with Crippen molar-refractivity contribution in [1.29, 1.82) is 0 Å². The summed E-state index contributed by atoms with van der Waals surface area (Å²) < 4.78 is 1.72. The number of fused-ring (bicyclic) bond motifs is 2. The number of hydrogen-bond acceptors (Lipinski definition) is 7. The molecule has 3 heterocycles. The average Bonchev–Trinajstić information content (AvgIpc) is 3.51. The molecule has 0 saturated heterocycles. The first-order valence-corrected chi connectivity index (χ1v) is 12.5. The number of nitrogens with zero attached hydrogens (tertiary/aromatic N) is 4. The molecule has 0 fully saturated rings. The molecule has 0 aliphatic heterocycles. The molecule has 1 aliphatic rings. The third kappa shape index (κ3) is 3.92. The number of benzene rings is 2. The normalized spacial score (nSPS) is 17.2. The van der Waals surface area contributed by atoms with E-state index in [9.17, 15) is 15.0 Å². The molecule has 0 spiro atoms. The van der Waals surface area contributed by atoms with Gasteiger partial charge in [0.05, 0.1) is 10.4 Å². The van der Waals surface area contributed by atoms with Crippen LogP contribution in [-0.2, 0) is 12.0 Å². The van der Waals surface area contributed by atoms with Gasteiger partial charge in [-0.3, -0.25) is 0 Å². The molecule has 36 heavy (non-hydrogen) atoms. The quantitative estimate of drug-likeness (QED) is 0.307. The summed E-state index contributed by atoms with van der Waals surface area (Å²) in [6.45, 7) is 2.03. The molecule has 2 aromatic carbocycles. The molecule has 0 unspecified atom stereocenters. The summed E-state index contributed by atoms with van der Waals surface area (Å²) in [6, 6.07) is 16.8. The second-order valence-electron chi connectivity index (χ2n) is 9.07. The minimum atomic E-state index is -1.24. The number of hydrogen-bond donors (Lipinski definition) is 3. The highest BCUT2D eigenvalue weighted by Gasteiger charge is 2.39. The molecule has 1 atom stereocenters. The van der Waals surface area contributed by atoms with Crippen LogP contribution in [0.5, 0.6) is 0 Å². The van der Waals surface area contributed by atoms with Crippen LogP contribution in [0.1, 0.15) is 44.9 Å². The van der Waals surface area contributed by atoms with Gasteiger partial charge in [0.25, 0.3) is 0 Å². The largest absolute Gasteiger partial charge is 0.478 e. The molecule has 9 heteroatoms. The van der Waals surface area contributed by atoms with E-state index in [0.29, 0.717) is 17.4 Å². The number of aryl methyl sites for hydroxylation is 2. The van der Waals surface area contributed by atoms with Crippen LogP contribution in [-0.4, -0.2) is 35.8 Å². The summed E-state index contributed by atoms with van der Waals surface area (Å²) in [7, 11) is 0. The number of carboxylic acid groups (broad SMARTS) is 1. The number of thiazole rings is 1. The fraction of sp³-hybridized carbons (Fsp3) is 0.185. The predicted octanol–water partition coefficient (Wildman–Crippen LogP) is 5.18. The Morgan fingerprint density at radius 1 is 1.17 bits per heavy atom. The Kier molecular flexibility index (Phi) is 5.31. The van der Waals surface area contributed by atoms with E-state index in [-0.39, 0.29) is 5.56 Å². The maximum atomic E-state index is 11.7. The minimum absolute atomic E-state index is 0.234. The lowest BCUT2D eigenvalue weighted by Gasteiger charge is -2.33. The maximum Gasteiger partial charge on any atom is 0.335 e. The molecule has 5 aromatic rings. The Hall–Kier alpha value is -4.08. The van der Waals surface area contributed by atoms with Crippen molar-refractivity contribution >= 4 is 34.6 Å². The Morgan fingerprint density at radius 2 is 2.06 bits per heavy atom. The van der Waals surface area contributed by atoms with Gasteiger partial charge in [0.1, 0.15) is 10.6 Å². The first kappa shape index (κ1) is 22.4. The summed E-state index contributed by atoms with van der Waals surface area (Å²) in [6.07, 6.45) is 5.68. The first-order valence-electron chi connectivity index (χ1n) is 11.6. The van der Waals surface area contributed by atoms with Crippen molar-refractivity contribution in [3.63, 3.8) is 0 Å². The summed E-state index contributed by atoms with van der Waals surface area (Å²) in [4.78, 5) is 21.5. The SMILES string of the molecule is Cc1cc(Nc2nc3ccccn3n2)cc(-c2cnc([C@@]3(O)CCCc4cc(C(=O)O)ccc43)s2)c1. The van der Waals surface area contributed by atoms with Gasteiger partial charge in [0.15, 0.2) is 5.65 Å². The lowest BCUT2D eigenvalue weighted by Crippen LogP contribution is -2.32. The summed E-state index contributed by atoms with van der Waals surface area (Å²) >= 11 is 1.45. The molecule has 0 amide bonds. The van der Waals surface area contributed by atoms with E-state index in [0.717, 1.165) is 51.3 Å². The number of carboxylic acids is 1. The number of aromatic nitrogens is 4. The lowest BCUT2D eigenvalue weighted by atomic mass is 9.79. The van der Waals surface area contributed by atoms with Gasteiger partial charge < -0.3 is 15.5 Å². The van der Waals surface area contributed by atoms with Gasteiger partial charge in [-0.1, -0.05) is 18.2 Å². The van der Waals surface area contributed by atoms with Crippen LogP contribution < -0.4 is 5.32 Å². The lowest BCUT2D eigenvalue weighted by molar-refractivity contribution is 0.0607. The van der Waals surface area contributed by atoms with Gasteiger partial charge in [-0.25, -0.2) is 14.3 Å². The monoisotopic (exact) mass is 497 g/mol. The topological polar surface area (TPSA) is 113 Å². The van der Waals surface area contributed by atoms with Crippen molar-refractivity contribution in [2.45, 2.75) is 31.8 Å². The van der Waals surface area contributed by atoms with E-state index in [4.69, 9.17) is 0 Å². The van der Waals surface area contributed by atoms with Crippen molar-refractivity contribution in [1.82, 2.24) is 19.6 Å². The van der Waals surface area contributed by atoms with Gasteiger partial charge in [0, 0.05) is 18.1 Å². The van der Waals surface area contributed by atoms with Gasteiger partial charge in [-0.15, -0.1) is 16.4 Å². The van der Waals surface area contributed by atoms with Crippen LogP contribution >= 0.6 is 11.3 Å². The molecule has 0 bridgehead atoms. The van der Waals surface area contributed by atoms with Crippen LogP contribution in [0.15, 0.2) is 67.0 Å². The predicted molar refractivity (Wildman–Crippen MR) is 138 cm³/mol. The third-order valence-corrected chi connectivity index (χ3v) is 7.70. The molecular formula is C27H23N5O3S. The summed E-state index contributed by atoms with van der Waals surface area (Å²) in [5.41, 5.74) is 4.26. The van der Waals surface area contributed by atoms with E-state index in [2.05, 4.69) is 26.4 Å². The van der Waals surface area contributed by atoms with E-state index in [1.54, 1.807) is 28.9 Å². The second-order valence-corrected chi connectivity index (χ2v) is 10.1. The number of carbonyl (C=O) groups is 1. The smallest absolute Gasteiger partial charge is 0.335 e. The molecule has 1 aliphatic carbocycles. The maximum absolute atomic E-state index is 11.7. The molecule has 8 nitrogen and oxygen atoms in total. The molecule has 3 aromatic heterocycles. The fourth-order valence-electron chi connectivity index (χ4n) is 4.84. The highest BCUT2D eigenvalue weighted by atomic mass is 32.1. The fourth-order valence-corrected chi connectivity index (χ4v) is 5.87. The molecule has 180 valence electrons. The van der Waals surface area contributed by atoms with Crippen molar-refractivity contribution in [3.05, 3.63) is 94.3 Å². The van der Waals surface area contributed by atoms with Gasteiger partial charge in [-0.05, 0) is 84.8 Å². The number of anilines is 2. The van der Waals surface area contributed by atoms with Crippen molar-refractivity contribution in [2.24, 2.45) is 0 Å². The Balaban J connectivity index is 1.32. The van der Waals surface area contributed by atoms with Crippen molar-refractivity contribution in [2.75, 3.05) is 5.32 Å². The van der Waals surface area contributed by atoms with E-state index in [1.165, 1.54) is 11.3 Å². The van der Waals surface area contributed by atoms with Crippen LogP contribution in [0.25, 0.3) is 16.1 Å². The highest BCUT2D eigenvalue weighted by molar-refractivity contribution is 7.15. The first-order chi connectivity index (χ1) is 17.4. The molecule has 0 saturated carbocycles. The summed E-state index contributed by atoms with van der Waals surface area (Å²) in [5, 5.41) is 29.4. The van der Waals surface area contributed by atoms with E-state index < -0.39 is 11.6 Å².